The Kier molecular flexibility index (Phi) is 6.72. The molecule has 0 amide bonds. The van der Waals surface area contributed by atoms with Gasteiger partial charge in [-0.05, 0) is 46.2 Å². The summed E-state index contributed by atoms with van der Waals surface area (Å²) in [5, 5.41) is 0. The smallest absolute Gasteiger partial charge is 0.292 e. The van der Waals surface area contributed by atoms with Crippen LogP contribution >= 0.6 is 0 Å². The Balaban J connectivity index is 4.19. The van der Waals surface area contributed by atoms with Gasteiger partial charge in [0.1, 0.15) is 0 Å². The molecule has 19 heavy (non-hydrogen) atoms. The summed E-state index contributed by atoms with van der Waals surface area (Å²) in [5.74, 6) is 0.246. The fourth-order valence-electron chi connectivity index (χ4n) is 1.43. The normalized spacial score (nSPS) is 13.1. The molecule has 0 fully saturated rings. The predicted molar refractivity (Wildman–Crippen MR) is 81.9 cm³/mol. The van der Waals surface area contributed by atoms with Crippen molar-refractivity contribution in [2.75, 3.05) is 0 Å². The quantitative estimate of drug-likeness (QED) is 0.410. The van der Waals surface area contributed by atoms with Gasteiger partial charge in [-0.15, -0.1) is 0 Å². The van der Waals surface area contributed by atoms with Gasteiger partial charge in [-0.3, -0.25) is 9.59 Å². The van der Waals surface area contributed by atoms with E-state index in [1.54, 1.807) is 6.92 Å². The van der Waals surface area contributed by atoms with E-state index >= 15 is 0 Å². The van der Waals surface area contributed by atoms with Crippen molar-refractivity contribution in [3.8, 4) is 0 Å². The van der Waals surface area contributed by atoms with Crippen molar-refractivity contribution >= 4 is 28.4 Å². The maximum absolute atomic E-state index is 11.7. The highest BCUT2D eigenvalue weighted by molar-refractivity contribution is 6.71. The molecule has 0 aliphatic rings. The van der Waals surface area contributed by atoms with E-state index in [0.717, 1.165) is 0 Å². The van der Waals surface area contributed by atoms with Crippen molar-refractivity contribution in [1.29, 1.82) is 0 Å². The molecule has 0 radical (unpaired) electrons. The van der Waals surface area contributed by atoms with Crippen molar-refractivity contribution in [2.45, 2.75) is 59.0 Å². The van der Waals surface area contributed by atoms with E-state index in [1.807, 2.05) is 19.6 Å². The lowest BCUT2D eigenvalue weighted by Gasteiger charge is -2.19. The third-order valence-corrected chi connectivity index (χ3v) is 3.60. The highest BCUT2D eigenvalue weighted by atomic mass is 28.4. The van der Waals surface area contributed by atoms with Crippen LogP contribution in [0.1, 0.15) is 19.8 Å². The summed E-state index contributed by atoms with van der Waals surface area (Å²) in [6.45, 7) is 13.8. The summed E-state index contributed by atoms with van der Waals surface area (Å²) >= 11 is 0. The Hall–Kier alpha value is -0.886. The molecule has 0 atom stereocenters. The molecule has 0 aromatic carbocycles. The third-order valence-electron chi connectivity index (χ3n) is 1.83. The second-order valence-electron chi connectivity index (χ2n) is 6.52. The van der Waals surface area contributed by atoms with Crippen LogP contribution in [0.15, 0.2) is 11.8 Å². The molecule has 0 aliphatic heterocycles. The van der Waals surface area contributed by atoms with Crippen LogP contribution < -0.4 is 0 Å². The number of hydrogen-bond donors (Lipinski definition) is 0. The molecule has 0 rings (SSSR count). The number of rotatable bonds is 7. The van der Waals surface area contributed by atoms with Crippen LogP contribution in [-0.2, 0) is 18.4 Å². The molecule has 0 aliphatic carbocycles. The van der Waals surface area contributed by atoms with Crippen LogP contribution in [0.3, 0.4) is 0 Å². The van der Waals surface area contributed by atoms with E-state index in [0.29, 0.717) is 5.76 Å². The first-order valence-electron chi connectivity index (χ1n) is 6.51. The van der Waals surface area contributed by atoms with Crippen LogP contribution in [-0.4, -0.2) is 28.4 Å². The number of hydrogen-bond acceptors (Lipinski definition) is 4. The zero-order valence-corrected chi connectivity index (χ0v) is 15.1. The SMILES string of the molecule is C/C(=C/C(=O)CCC(=O)O[Si](C)(C)C)O[Si](C)(C)C. The lowest BCUT2D eigenvalue weighted by Crippen LogP contribution is -2.29. The minimum atomic E-state index is -1.85. The molecule has 0 aromatic rings. The molecule has 6 heteroatoms. The Bertz CT molecular complexity index is 362. The Morgan fingerprint density at radius 2 is 1.37 bits per heavy atom. The van der Waals surface area contributed by atoms with Gasteiger partial charge in [0.2, 0.25) is 16.6 Å². The van der Waals surface area contributed by atoms with E-state index in [-0.39, 0.29) is 24.6 Å². The molecule has 0 saturated carbocycles. The topological polar surface area (TPSA) is 52.6 Å². The summed E-state index contributed by atoms with van der Waals surface area (Å²) in [5.41, 5.74) is 0. The van der Waals surface area contributed by atoms with Gasteiger partial charge in [0.25, 0.3) is 5.97 Å². The van der Waals surface area contributed by atoms with Crippen molar-refractivity contribution in [1.82, 2.24) is 0 Å². The third kappa shape index (κ3) is 11.9. The fraction of sp³-hybridized carbons (Fsp3) is 0.692. The minimum absolute atomic E-state index is 0.0942. The van der Waals surface area contributed by atoms with Gasteiger partial charge < -0.3 is 8.85 Å². The van der Waals surface area contributed by atoms with Gasteiger partial charge in [0.05, 0.1) is 12.2 Å². The van der Waals surface area contributed by atoms with Gasteiger partial charge in [-0.2, -0.15) is 0 Å². The molecule has 0 N–H and O–H groups in total. The average molecular weight is 303 g/mol. The van der Waals surface area contributed by atoms with Crippen LogP contribution in [0.4, 0.5) is 0 Å². The summed E-state index contributed by atoms with van der Waals surface area (Å²) in [6, 6.07) is 0. The van der Waals surface area contributed by atoms with Crippen molar-refractivity contribution in [3.05, 3.63) is 11.8 Å². The first-order valence-corrected chi connectivity index (χ1v) is 13.3. The van der Waals surface area contributed by atoms with E-state index in [2.05, 4.69) is 19.6 Å². The maximum Gasteiger partial charge on any atom is 0.292 e. The average Bonchev–Trinajstić information content (AvgIpc) is 2.08. The van der Waals surface area contributed by atoms with Crippen LogP contribution in [0.2, 0.25) is 39.3 Å². The summed E-state index contributed by atoms with van der Waals surface area (Å²) in [4.78, 5) is 23.2. The molecular weight excluding hydrogens is 276 g/mol. The molecule has 0 unspecified atom stereocenters. The number of ketones is 1. The maximum atomic E-state index is 11.7. The van der Waals surface area contributed by atoms with Crippen molar-refractivity contribution < 1.29 is 18.4 Å². The van der Waals surface area contributed by atoms with Crippen LogP contribution in [0.25, 0.3) is 0 Å². The monoisotopic (exact) mass is 302 g/mol. The van der Waals surface area contributed by atoms with Crippen molar-refractivity contribution in [3.63, 3.8) is 0 Å². The zero-order valence-electron chi connectivity index (χ0n) is 13.1. The predicted octanol–water partition coefficient (Wildman–Crippen LogP) is 3.47. The molecule has 0 bridgehead atoms. The first-order chi connectivity index (χ1) is 8.39. The molecular formula is C13H26O4Si2. The van der Waals surface area contributed by atoms with Gasteiger partial charge in [-0.1, -0.05) is 0 Å². The zero-order chi connectivity index (χ0) is 15.3. The minimum Gasteiger partial charge on any atom is -0.547 e. The standard InChI is InChI=1S/C13H26O4Si2/c1-11(16-18(2,3)4)10-12(14)8-9-13(15)17-19(5,6)7/h10H,8-9H2,1-7H3/b11-10-. The molecule has 0 heterocycles. The molecule has 110 valence electrons. The second kappa shape index (κ2) is 7.05. The van der Waals surface area contributed by atoms with E-state index < -0.39 is 16.6 Å². The summed E-state index contributed by atoms with van der Waals surface area (Å²) < 4.78 is 10.9. The van der Waals surface area contributed by atoms with Crippen LogP contribution in [0.5, 0.6) is 0 Å². The lowest BCUT2D eigenvalue weighted by molar-refractivity contribution is -0.136. The van der Waals surface area contributed by atoms with Gasteiger partial charge in [-0.25, -0.2) is 0 Å². The van der Waals surface area contributed by atoms with Gasteiger partial charge >= 0.3 is 0 Å². The van der Waals surface area contributed by atoms with E-state index in [1.165, 1.54) is 6.08 Å². The molecule has 0 spiro atoms. The van der Waals surface area contributed by atoms with Gasteiger partial charge in [0, 0.05) is 12.5 Å². The van der Waals surface area contributed by atoms with Gasteiger partial charge in [0.15, 0.2) is 5.78 Å². The van der Waals surface area contributed by atoms with E-state index in [9.17, 15) is 9.59 Å². The Labute approximate surface area is 118 Å². The lowest BCUT2D eigenvalue weighted by atomic mass is 10.2. The number of allylic oxidation sites excluding steroid dienone is 2. The van der Waals surface area contributed by atoms with Crippen molar-refractivity contribution in [2.24, 2.45) is 0 Å². The molecule has 0 saturated heterocycles. The fourth-order valence-corrected chi connectivity index (χ4v) is 3.24. The molecule has 4 nitrogen and oxygen atoms in total. The molecule has 0 aromatic heterocycles. The second-order valence-corrected chi connectivity index (χ2v) is 15.4. The largest absolute Gasteiger partial charge is 0.547 e. The van der Waals surface area contributed by atoms with Crippen LogP contribution in [0, 0.1) is 0 Å². The highest BCUT2D eigenvalue weighted by Gasteiger charge is 2.20. The summed E-state index contributed by atoms with van der Waals surface area (Å²) in [6.07, 6.45) is 1.79. The van der Waals surface area contributed by atoms with E-state index in [4.69, 9.17) is 8.85 Å². The number of carbonyl (C=O) groups excluding carboxylic acids is 2. The Morgan fingerprint density at radius 3 is 1.79 bits per heavy atom. The Morgan fingerprint density at radius 1 is 0.895 bits per heavy atom. The summed E-state index contributed by atoms with van der Waals surface area (Å²) in [7, 11) is -3.52. The highest BCUT2D eigenvalue weighted by Crippen LogP contribution is 2.11. The number of carbonyl (C=O) groups is 2. The first kappa shape index (κ1) is 18.1.